The van der Waals surface area contributed by atoms with Crippen molar-refractivity contribution in [3.63, 3.8) is 0 Å². The molecular formula is C30H28N2O4. The average Bonchev–Trinajstić information content (AvgIpc) is 3.53. The number of hydrogen-bond donors (Lipinski definition) is 2. The number of aromatic amines is 2. The molecule has 36 heavy (non-hydrogen) atoms. The Morgan fingerprint density at radius 3 is 1.58 bits per heavy atom. The number of esters is 2. The molecule has 2 N–H and O–H groups in total. The van der Waals surface area contributed by atoms with Gasteiger partial charge >= 0.3 is 11.9 Å². The van der Waals surface area contributed by atoms with Gasteiger partial charge < -0.3 is 19.4 Å². The summed E-state index contributed by atoms with van der Waals surface area (Å²) in [4.78, 5) is 31.0. The first-order chi connectivity index (χ1) is 17.7. The van der Waals surface area contributed by atoms with E-state index in [9.17, 15) is 9.59 Å². The second-order valence-electron chi connectivity index (χ2n) is 8.86. The number of carbonyl (C=O) groups excluding carboxylic acids is 2. The predicted octanol–water partition coefficient (Wildman–Crippen LogP) is 6.00. The number of hydrogen-bond acceptors (Lipinski definition) is 4. The first kappa shape index (κ1) is 23.4. The number of carbonyl (C=O) groups is 2. The van der Waals surface area contributed by atoms with Crippen molar-refractivity contribution >= 4 is 33.7 Å². The van der Waals surface area contributed by atoms with E-state index in [4.69, 9.17) is 9.47 Å². The van der Waals surface area contributed by atoms with Crippen molar-refractivity contribution in [2.24, 2.45) is 0 Å². The molecule has 5 rings (SSSR count). The molecular weight excluding hydrogens is 452 g/mol. The SMILES string of the molecule is O=C(CCc1c[nH]c2ccccc12)OCc1cccc(COC(=O)CCc2c[nH]c3ccccc23)c1. The molecule has 6 heteroatoms. The first-order valence-corrected chi connectivity index (χ1v) is 12.1. The van der Waals surface area contributed by atoms with Gasteiger partial charge in [-0.2, -0.15) is 0 Å². The van der Waals surface area contributed by atoms with Crippen LogP contribution in [0.15, 0.2) is 85.2 Å². The highest BCUT2D eigenvalue weighted by Gasteiger charge is 2.10. The molecule has 0 aliphatic heterocycles. The number of nitrogens with one attached hydrogen (secondary N) is 2. The van der Waals surface area contributed by atoms with Gasteiger partial charge in [-0.05, 0) is 53.3 Å². The van der Waals surface area contributed by atoms with Gasteiger partial charge in [0, 0.05) is 47.0 Å². The van der Waals surface area contributed by atoms with E-state index < -0.39 is 0 Å². The third kappa shape index (κ3) is 5.66. The van der Waals surface area contributed by atoms with Crippen molar-refractivity contribution in [2.45, 2.75) is 38.9 Å². The molecule has 0 radical (unpaired) electrons. The van der Waals surface area contributed by atoms with Gasteiger partial charge in [0.1, 0.15) is 13.2 Å². The lowest BCUT2D eigenvalue weighted by atomic mass is 10.1. The largest absolute Gasteiger partial charge is 0.461 e. The van der Waals surface area contributed by atoms with Crippen LogP contribution < -0.4 is 0 Å². The van der Waals surface area contributed by atoms with E-state index in [-0.39, 0.29) is 25.2 Å². The summed E-state index contributed by atoms with van der Waals surface area (Å²) in [5, 5.41) is 2.27. The molecule has 0 amide bonds. The van der Waals surface area contributed by atoms with Crippen LogP contribution in [-0.4, -0.2) is 21.9 Å². The van der Waals surface area contributed by atoms with E-state index in [1.54, 1.807) is 0 Å². The van der Waals surface area contributed by atoms with Gasteiger partial charge in [0.05, 0.1) is 0 Å². The fraction of sp³-hybridized carbons (Fsp3) is 0.200. The molecule has 0 bridgehead atoms. The second kappa shape index (κ2) is 11.0. The van der Waals surface area contributed by atoms with Crippen LogP contribution in [0.25, 0.3) is 21.8 Å². The van der Waals surface area contributed by atoms with Crippen LogP contribution >= 0.6 is 0 Å². The van der Waals surface area contributed by atoms with Crippen LogP contribution in [0.3, 0.4) is 0 Å². The summed E-state index contributed by atoms with van der Waals surface area (Å²) in [6.07, 6.45) is 5.77. The van der Waals surface area contributed by atoms with Crippen LogP contribution in [0.2, 0.25) is 0 Å². The Bertz CT molecular complexity index is 1390. The highest BCUT2D eigenvalue weighted by molar-refractivity contribution is 5.84. The molecule has 0 aliphatic rings. The number of ether oxygens (including phenoxy) is 2. The van der Waals surface area contributed by atoms with Crippen molar-refractivity contribution in [1.29, 1.82) is 0 Å². The lowest BCUT2D eigenvalue weighted by molar-refractivity contribution is -0.145. The Balaban J connectivity index is 1.06. The summed E-state index contributed by atoms with van der Waals surface area (Å²) in [6, 6.07) is 23.7. The molecule has 0 saturated carbocycles. The van der Waals surface area contributed by atoms with E-state index in [1.165, 1.54) is 0 Å². The molecule has 0 spiro atoms. The summed E-state index contributed by atoms with van der Waals surface area (Å²) in [5.74, 6) is -0.483. The molecule has 0 aliphatic carbocycles. The minimum Gasteiger partial charge on any atom is -0.461 e. The minimum absolute atomic E-state index is 0.190. The van der Waals surface area contributed by atoms with Crippen LogP contribution in [0, 0.1) is 0 Å². The van der Waals surface area contributed by atoms with E-state index in [1.807, 2.05) is 85.2 Å². The van der Waals surface area contributed by atoms with Gasteiger partial charge in [-0.15, -0.1) is 0 Å². The molecule has 2 aromatic heterocycles. The Morgan fingerprint density at radius 1 is 0.611 bits per heavy atom. The van der Waals surface area contributed by atoms with Crippen molar-refractivity contribution in [1.82, 2.24) is 9.97 Å². The molecule has 182 valence electrons. The van der Waals surface area contributed by atoms with Gasteiger partial charge in [0.2, 0.25) is 0 Å². The van der Waals surface area contributed by atoms with Crippen molar-refractivity contribution in [3.8, 4) is 0 Å². The highest BCUT2D eigenvalue weighted by Crippen LogP contribution is 2.20. The van der Waals surface area contributed by atoms with E-state index in [0.717, 1.165) is 44.1 Å². The zero-order valence-electron chi connectivity index (χ0n) is 20.0. The average molecular weight is 481 g/mol. The predicted molar refractivity (Wildman–Crippen MR) is 139 cm³/mol. The zero-order valence-corrected chi connectivity index (χ0v) is 20.0. The molecule has 2 heterocycles. The molecule has 6 nitrogen and oxygen atoms in total. The van der Waals surface area contributed by atoms with E-state index in [2.05, 4.69) is 9.97 Å². The van der Waals surface area contributed by atoms with E-state index in [0.29, 0.717) is 25.7 Å². The maximum absolute atomic E-state index is 12.3. The summed E-state index contributed by atoms with van der Waals surface area (Å²) >= 11 is 0. The summed E-state index contributed by atoms with van der Waals surface area (Å²) in [7, 11) is 0. The Hall–Kier alpha value is -4.32. The normalized spacial score (nSPS) is 11.1. The number of H-pyrrole nitrogens is 2. The molecule has 0 unspecified atom stereocenters. The lowest BCUT2D eigenvalue weighted by Crippen LogP contribution is -2.07. The van der Waals surface area contributed by atoms with Gasteiger partial charge in [0.15, 0.2) is 0 Å². The number of aryl methyl sites for hydroxylation is 2. The van der Waals surface area contributed by atoms with Gasteiger partial charge in [-0.1, -0.05) is 54.6 Å². The third-order valence-electron chi connectivity index (χ3n) is 6.34. The molecule has 0 saturated heterocycles. The molecule has 0 atom stereocenters. The van der Waals surface area contributed by atoms with Crippen LogP contribution in [0.1, 0.15) is 35.1 Å². The van der Waals surface area contributed by atoms with Crippen molar-refractivity contribution in [2.75, 3.05) is 0 Å². The third-order valence-corrected chi connectivity index (χ3v) is 6.34. The van der Waals surface area contributed by atoms with Gasteiger partial charge in [-0.3, -0.25) is 9.59 Å². The Morgan fingerprint density at radius 2 is 1.08 bits per heavy atom. The zero-order chi connectivity index (χ0) is 24.7. The molecule has 5 aromatic rings. The van der Waals surface area contributed by atoms with Crippen LogP contribution in [-0.2, 0) is 45.1 Å². The standard InChI is InChI=1S/C30H28N2O4/c33-29(14-12-23-17-31-27-10-3-1-8-25(23)27)35-19-21-6-5-7-22(16-21)20-36-30(34)15-13-24-18-32-28-11-4-2-9-26(24)28/h1-11,16-18,31-32H,12-15,19-20H2. The Kier molecular flexibility index (Phi) is 7.12. The number of benzene rings is 3. The van der Waals surface area contributed by atoms with Crippen molar-refractivity contribution in [3.05, 3.63) is 107 Å². The molecule has 0 fully saturated rings. The number of para-hydroxylation sites is 2. The maximum atomic E-state index is 12.3. The Labute approximate surface area is 209 Å². The summed E-state index contributed by atoms with van der Waals surface area (Å²) in [5.41, 5.74) is 6.07. The number of rotatable bonds is 10. The number of fused-ring (bicyclic) bond motifs is 2. The minimum atomic E-state index is -0.241. The van der Waals surface area contributed by atoms with Crippen molar-refractivity contribution < 1.29 is 19.1 Å². The highest BCUT2D eigenvalue weighted by atomic mass is 16.5. The second-order valence-corrected chi connectivity index (χ2v) is 8.86. The fourth-order valence-corrected chi connectivity index (χ4v) is 4.43. The van der Waals surface area contributed by atoms with Crippen LogP contribution in [0.4, 0.5) is 0 Å². The topological polar surface area (TPSA) is 84.2 Å². The maximum Gasteiger partial charge on any atom is 0.306 e. The number of aromatic nitrogens is 2. The quantitative estimate of drug-likeness (QED) is 0.240. The monoisotopic (exact) mass is 480 g/mol. The van der Waals surface area contributed by atoms with Crippen LogP contribution in [0.5, 0.6) is 0 Å². The molecule has 3 aromatic carbocycles. The smallest absolute Gasteiger partial charge is 0.306 e. The summed E-state index contributed by atoms with van der Waals surface area (Å²) in [6.45, 7) is 0.379. The lowest BCUT2D eigenvalue weighted by Gasteiger charge is -2.08. The summed E-state index contributed by atoms with van der Waals surface area (Å²) < 4.78 is 10.9. The van der Waals surface area contributed by atoms with E-state index >= 15 is 0 Å². The van der Waals surface area contributed by atoms with Gasteiger partial charge in [0.25, 0.3) is 0 Å². The fourth-order valence-electron chi connectivity index (χ4n) is 4.43. The first-order valence-electron chi connectivity index (χ1n) is 12.1. The van der Waals surface area contributed by atoms with Gasteiger partial charge in [-0.25, -0.2) is 0 Å².